The summed E-state index contributed by atoms with van der Waals surface area (Å²) in [5, 5.41) is 0. The number of nitrogens with two attached hydrogens (primary N) is 1. The smallest absolute Gasteiger partial charge is 0.240 e. The molecule has 0 spiro atoms. The molecule has 0 bridgehead atoms. The van der Waals surface area contributed by atoms with Gasteiger partial charge in [-0.3, -0.25) is 0 Å². The molecule has 1 unspecified atom stereocenters. The zero-order valence-corrected chi connectivity index (χ0v) is 11.9. The van der Waals surface area contributed by atoms with Crippen molar-refractivity contribution in [1.29, 1.82) is 0 Å². The molecule has 1 aromatic rings. The fourth-order valence-corrected chi connectivity index (χ4v) is 2.73. The normalized spacial score (nSPS) is 13.3. The minimum atomic E-state index is -3.37. The van der Waals surface area contributed by atoms with Crippen LogP contribution in [0.2, 0.25) is 0 Å². The van der Waals surface area contributed by atoms with Crippen LogP contribution < -0.4 is 15.4 Å². The number of sulfonamides is 1. The highest BCUT2D eigenvalue weighted by atomic mass is 32.2. The molecule has 0 heterocycles. The lowest BCUT2D eigenvalue weighted by Crippen LogP contribution is -2.32. The molecule has 3 N–H and O–H groups in total. The van der Waals surface area contributed by atoms with Gasteiger partial charge in [-0.15, -0.1) is 0 Å². The topological polar surface area (TPSA) is 75.4 Å². The predicted octanol–water partition coefficient (Wildman–Crippen LogP) is 0.768. The second-order valence-electron chi connectivity index (χ2n) is 4.35. The van der Waals surface area contributed by atoms with Gasteiger partial charge >= 0.3 is 0 Å². The van der Waals surface area contributed by atoms with Crippen LogP contribution in [-0.2, 0) is 10.0 Å². The zero-order valence-electron chi connectivity index (χ0n) is 11.1. The van der Waals surface area contributed by atoms with Crippen molar-refractivity contribution in [2.75, 3.05) is 25.0 Å². The van der Waals surface area contributed by atoms with E-state index >= 15 is 0 Å². The van der Waals surface area contributed by atoms with Crippen molar-refractivity contribution in [3.8, 4) is 0 Å². The van der Waals surface area contributed by atoms with E-state index in [0.717, 1.165) is 12.2 Å². The Hall–Kier alpha value is -1.11. The quantitative estimate of drug-likeness (QED) is 0.801. The summed E-state index contributed by atoms with van der Waals surface area (Å²) in [4.78, 5) is 2.27. The molecular weight excluding hydrogens is 250 g/mol. The molecule has 1 atom stereocenters. The maximum Gasteiger partial charge on any atom is 0.240 e. The van der Waals surface area contributed by atoms with E-state index < -0.39 is 10.0 Å². The summed E-state index contributed by atoms with van der Waals surface area (Å²) in [5.74, 6) is 0. The fourth-order valence-electron chi connectivity index (χ4n) is 1.69. The number of rotatable bonds is 6. The van der Waals surface area contributed by atoms with E-state index in [9.17, 15) is 8.42 Å². The first-order valence-corrected chi connectivity index (χ1v) is 7.41. The zero-order chi connectivity index (χ0) is 13.8. The molecular formula is C12H21N3O2S. The Kier molecular flexibility index (Phi) is 5.13. The predicted molar refractivity (Wildman–Crippen MR) is 74.2 cm³/mol. The lowest BCUT2D eigenvalue weighted by Gasteiger charge is -2.21. The van der Waals surface area contributed by atoms with Crippen LogP contribution in [0.25, 0.3) is 0 Å². The molecule has 0 fully saturated rings. The molecule has 102 valence electrons. The van der Waals surface area contributed by atoms with Crippen LogP contribution in [0.1, 0.15) is 13.8 Å². The first-order chi connectivity index (χ1) is 8.36. The summed E-state index contributed by atoms with van der Waals surface area (Å²) in [7, 11) is -1.44. The molecule has 0 aliphatic carbocycles. The molecule has 5 nitrogen and oxygen atoms in total. The van der Waals surface area contributed by atoms with Gasteiger partial charge < -0.3 is 10.6 Å². The summed E-state index contributed by atoms with van der Waals surface area (Å²) in [5.41, 5.74) is 6.67. The van der Waals surface area contributed by atoms with E-state index in [1.54, 1.807) is 31.2 Å². The van der Waals surface area contributed by atoms with Gasteiger partial charge in [-0.05, 0) is 31.2 Å². The van der Waals surface area contributed by atoms with E-state index in [0.29, 0.717) is 6.54 Å². The van der Waals surface area contributed by atoms with Gasteiger partial charge in [0.15, 0.2) is 0 Å². The summed E-state index contributed by atoms with van der Waals surface area (Å²) in [6, 6.07) is 6.84. The Bertz CT molecular complexity index is 469. The van der Waals surface area contributed by atoms with Gasteiger partial charge in [-0.2, -0.15) is 0 Å². The van der Waals surface area contributed by atoms with Gasteiger partial charge in [0.2, 0.25) is 10.0 Å². The van der Waals surface area contributed by atoms with Gasteiger partial charge in [-0.1, -0.05) is 6.92 Å². The summed E-state index contributed by atoms with van der Waals surface area (Å²) < 4.78 is 26.0. The van der Waals surface area contributed by atoms with Crippen molar-refractivity contribution in [1.82, 2.24) is 4.72 Å². The largest absolute Gasteiger partial charge is 0.373 e. The van der Waals surface area contributed by atoms with Crippen LogP contribution in [0, 0.1) is 0 Å². The molecule has 1 aromatic carbocycles. The van der Waals surface area contributed by atoms with Crippen molar-refractivity contribution < 1.29 is 8.42 Å². The first kappa shape index (κ1) is 14.9. The number of benzene rings is 1. The van der Waals surface area contributed by atoms with E-state index in [1.165, 1.54) is 0 Å². The molecule has 0 saturated carbocycles. The van der Waals surface area contributed by atoms with Gasteiger partial charge in [0.05, 0.1) is 4.90 Å². The third kappa shape index (κ3) is 3.97. The monoisotopic (exact) mass is 271 g/mol. The number of anilines is 1. The highest BCUT2D eigenvalue weighted by molar-refractivity contribution is 7.89. The molecule has 6 heteroatoms. The average molecular weight is 271 g/mol. The summed E-state index contributed by atoms with van der Waals surface area (Å²) >= 11 is 0. The van der Waals surface area contributed by atoms with Crippen LogP contribution in [0.4, 0.5) is 5.69 Å². The SMILES string of the molecule is CCNS(=O)(=O)c1ccc(N(C)CC(C)N)cc1. The second kappa shape index (κ2) is 6.17. The Morgan fingerprint density at radius 2 is 1.89 bits per heavy atom. The standard InChI is InChI=1S/C12H21N3O2S/c1-4-14-18(16,17)12-7-5-11(6-8-12)15(3)9-10(2)13/h5-8,10,14H,4,9,13H2,1-3H3. The number of hydrogen-bond donors (Lipinski definition) is 2. The summed E-state index contributed by atoms with van der Waals surface area (Å²) in [6.07, 6.45) is 0. The van der Waals surface area contributed by atoms with Crippen molar-refractivity contribution in [3.63, 3.8) is 0 Å². The molecule has 0 aromatic heterocycles. The maximum atomic E-state index is 11.7. The minimum Gasteiger partial charge on any atom is -0.373 e. The third-order valence-corrected chi connectivity index (χ3v) is 4.05. The third-order valence-electron chi connectivity index (χ3n) is 2.48. The molecule has 1 rings (SSSR count). The molecule has 0 amide bonds. The van der Waals surface area contributed by atoms with Crippen molar-refractivity contribution in [3.05, 3.63) is 24.3 Å². The van der Waals surface area contributed by atoms with Crippen molar-refractivity contribution in [2.24, 2.45) is 5.73 Å². The lowest BCUT2D eigenvalue weighted by molar-refractivity contribution is 0.584. The van der Waals surface area contributed by atoms with Gasteiger partial charge in [0, 0.05) is 31.9 Å². The Morgan fingerprint density at radius 1 is 1.33 bits per heavy atom. The fraction of sp³-hybridized carbons (Fsp3) is 0.500. The van der Waals surface area contributed by atoms with Gasteiger partial charge in [0.25, 0.3) is 0 Å². The van der Waals surface area contributed by atoms with Crippen molar-refractivity contribution in [2.45, 2.75) is 24.8 Å². The lowest BCUT2D eigenvalue weighted by atomic mass is 10.2. The molecule has 0 radical (unpaired) electrons. The van der Waals surface area contributed by atoms with Crippen molar-refractivity contribution >= 4 is 15.7 Å². The molecule has 0 saturated heterocycles. The van der Waals surface area contributed by atoms with Crippen LogP contribution in [-0.4, -0.2) is 34.6 Å². The van der Waals surface area contributed by atoms with E-state index in [1.807, 2.05) is 18.9 Å². The molecule has 0 aliphatic rings. The number of hydrogen-bond acceptors (Lipinski definition) is 4. The number of nitrogens with zero attached hydrogens (tertiary/aromatic N) is 1. The first-order valence-electron chi connectivity index (χ1n) is 5.93. The van der Waals surface area contributed by atoms with Crippen LogP contribution in [0.15, 0.2) is 29.2 Å². The Morgan fingerprint density at radius 3 is 2.33 bits per heavy atom. The number of likely N-dealkylation sites (N-methyl/N-ethyl adjacent to an activating group) is 1. The van der Waals surface area contributed by atoms with Crippen LogP contribution in [0.5, 0.6) is 0 Å². The minimum absolute atomic E-state index is 0.0696. The average Bonchev–Trinajstić information content (AvgIpc) is 2.28. The summed E-state index contributed by atoms with van der Waals surface area (Å²) in [6.45, 7) is 4.79. The molecule has 18 heavy (non-hydrogen) atoms. The Balaban J connectivity index is 2.86. The van der Waals surface area contributed by atoms with Gasteiger partial charge in [0.1, 0.15) is 0 Å². The maximum absolute atomic E-state index is 11.7. The second-order valence-corrected chi connectivity index (χ2v) is 6.12. The van der Waals surface area contributed by atoms with Crippen LogP contribution >= 0.6 is 0 Å². The van der Waals surface area contributed by atoms with E-state index in [2.05, 4.69) is 4.72 Å². The number of nitrogens with one attached hydrogen (secondary N) is 1. The highest BCUT2D eigenvalue weighted by Gasteiger charge is 2.12. The highest BCUT2D eigenvalue weighted by Crippen LogP contribution is 2.16. The Labute approximate surface area is 109 Å². The van der Waals surface area contributed by atoms with Crippen LogP contribution in [0.3, 0.4) is 0 Å². The molecule has 0 aliphatic heterocycles. The van der Waals surface area contributed by atoms with E-state index in [4.69, 9.17) is 5.73 Å². The van der Waals surface area contributed by atoms with Gasteiger partial charge in [-0.25, -0.2) is 13.1 Å². The van der Waals surface area contributed by atoms with E-state index in [-0.39, 0.29) is 10.9 Å².